The van der Waals surface area contributed by atoms with Crippen molar-refractivity contribution < 1.29 is 19.4 Å². The molecule has 3 N–H and O–H groups in total. The summed E-state index contributed by atoms with van der Waals surface area (Å²) in [6.07, 6.45) is -1.09. The number of halogens is 1. The molecular formula is C12H9ClN4O4. The molecule has 0 atom stereocenters. The quantitative estimate of drug-likeness (QED) is 0.819. The molecule has 2 heterocycles. The molecule has 1 aromatic heterocycles. The summed E-state index contributed by atoms with van der Waals surface area (Å²) in [6, 6.07) is 6.15. The largest absolute Gasteiger partial charge is 0.470 e. The average Bonchev–Trinajstić information content (AvgIpc) is 2.80. The molecule has 9 heteroatoms. The Morgan fingerprint density at radius 2 is 2.24 bits per heavy atom. The van der Waals surface area contributed by atoms with Crippen LogP contribution >= 0.6 is 11.6 Å². The molecule has 0 radical (unpaired) electrons. The van der Waals surface area contributed by atoms with Gasteiger partial charge in [-0.3, -0.25) is 0 Å². The van der Waals surface area contributed by atoms with Crippen LogP contribution in [0.25, 0.3) is 0 Å². The van der Waals surface area contributed by atoms with E-state index in [0.29, 0.717) is 17.2 Å². The zero-order valence-electron chi connectivity index (χ0n) is 10.5. The minimum Gasteiger partial charge on any atom is -0.470 e. The van der Waals surface area contributed by atoms with Crippen molar-refractivity contribution in [3.05, 3.63) is 29.4 Å². The molecule has 2 aromatic rings. The lowest BCUT2D eigenvalue weighted by Gasteiger charge is -2.09. The third-order valence-corrected chi connectivity index (χ3v) is 2.91. The van der Waals surface area contributed by atoms with Crippen LogP contribution in [0.15, 0.2) is 24.3 Å². The van der Waals surface area contributed by atoms with Gasteiger partial charge in [-0.15, -0.1) is 0 Å². The monoisotopic (exact) mass is 308 g/mol. The van der Waals surface area contributed by atoms with E-state index in [1.54, 1.807) is 18.2 Å². The van der Waals surface area contributed by atoms with Gasteiger partial charge in [0.1, 0.15) is 16.7 Å². The van der Waals surface area contributed by atoms with Crippen LogP contribution < -0.4 is 20.1 Å². The Kier molecular flexibility index (Phi) is 3.15. The second-order valence-corrected chi connectivity index (χ2v) is 4.49. The highest BCUT2D eigenvalue weighted by molar-refractivity contribution is 6.29. The van der Waals surface area contributed by atoms with E-state index in [4.69, 9.17) is 31.9 Å². The number of anilines is 2. The Labute approximate surface area is 123 Å². The fourth-order valence-corrected chi connectivity index (χ4v) is 2.03. The van der Waals surface area contributed by atoms with Crippen LogP contribution in [0.4, 0.5) is 16.4 Å². The molecule has 0 fully saturated rings. The zero-order chi connectivity index (χ0) is 15.0. The van der Waals surface area contributed by atoms with Crippen molar-refractivity contribution in [2.45, 2.75) is 0 Å². The van der Waals surface area contributed by atoms with E-state index in [1.165, 1.54) is 6.07 Å². The van der Waals surface area contributed by atoms with Gasteiger partial charge in [-0.05, 0) is 12.1 Å². The maximum Gasteiger partial charge on any atom is 0.414 e. The number of aromatic nitrogens is 2. The van der Waals surface area contributed by atoms with E-state index >= 15 is 0 Å². The molecular weight excluding hydrogens is 300 g/mol. The molecule has 108 valence electrons. The number of nitrogens with two attached hydrogens (primary N) is 1. The summed E-state index contributed by atoms with van der Waals surface area (Å²) >= 11 is 5.76. The molecule has 8 nitrogen and oxygen atoms in total. The van der Waals surface area contributed by atoms with E-state index < -0.39 is 6.09 Å². The van der Waals surface area contributed by atoms with Crippen molar-refractivity contribution in [3.63, 3.8) is 0 Å². The summed E-state index contributed by atoms with van der Waals surface area (Å²) in [5, 5.41) is 9.15. The second kappa shape index (κ2) is 4.98. The van der Waals surface area contributed by atoms with Crippen molar-refractivity contribution in [1.29, 1.82) is 0 Å². The number of nitrogen functional groups attached to an aromatic ring is 1. The fraction of sp³-hybridized carbons (Fsp3) is 0.0833. The summed E-state index contributed by atoms with van der Waals surface area (Å²) in [5.74, 6) is 0.991. The van der Waals surface area contributed by atoms with Gasteiger partial charge in [-0.2, -0.15) is 4.98 Å². The lowest BCUT2D eigenvalue weighted by Crippen LogP contribution is -2.27. The standard InChI is InChI=1S/C12H9ClN4O4/c13-9-4-10(16-11(14)15-9)21-6-1-2-7-8(3-6)20-5-17(7)12(18)19/h1-4H,5H2,(H,18,19)(H2,14,15,16). The maximum atomic E-state index is 11.0. The number of rotatable bonds is 2. The molecule has 1 aliphatic rings. The van der Waals surface area contributed by atoms with Crippen molar-refractivity contribution in [2.24, 2.45) is 0 Å². The molecule has 0 aliphatic carbocycles. The number of fused-ring (bicyclic) bond motifs is 1. The molecule has 0 saturated heterocycles. The van der Waals surface area contributed by atoms with Crippen LogP contribution in [0, 0.1) is 0 Å². The van der Waals surface area contributed by atoms with Crippen LogP contribution in [0.1, 0.15) is 0 Å². The van der Waals surface area contributed by atoms with Crippen LogP contribution in [-0.2, 0) is 0 Å². The smallest absolute Gasteiger partial charge is 0.414 e. The predicted molar refractivity (Wildman–Crippen MR) is 74.0 cm³/mol. The normalized spacial score (nSPS) is 12.7. The first kappa shape index (κ1) is 13.3. The van der Waals surface area contributed by atoms with Crippen molar-refractivity contribution in [2.75, 3.05) is 17.4 Å². The second-order valence-electron chi connectivity index (χ2n) is 4.10. The molecule has 1 aliphatic heterocycles. The first-order valence-electron chi connectivity index (χ1n) is 5.78. The summed E-state index contributed by atoms with van der Waals surface area (Å²) in [7, 11) is 0. The third-order valence-electron chi connectivity index (χ3n) is 2.71. The predicted octanol–water partition coefficient (Wildman–Crippen LogP) is 2.34. The van der Waals surface area contributed by atoms with E-state index in [2.05, 4.69) is 9.97 Å². The van der Waals surface area contributed by atoms with Gasteiger partial charge in [0.25, 0.3) is 0 Å². The summed E-state index contributed by atoms with van der Waals surface area (Å²) in [5.41, 5.74) is 5.93. The molecule has 0 saturated carbocycles. The number of hydrogen-bond donors (Lipinski definition) is 2. The zero-order valence-corrected chi connectivity index (χ0v) is 11.2. The molecule has 21 heavy (non-hydrogen) atoms. The van der Waals surface area contributed by atoms with Crippen molar-refractivity contribution in [1.82, 2.24) is 9.97 Å². The summed E-state index contributed by atoms with van der Waals surface area (Å²) in [4.78, 5) is 19.7. The lowest BCUT2D eigenvalue weighted by atomic mass is 10.2. The molecule has 0 unspecified atom stereocenters. The Morgan fingerprint density at radius 1 is 1.43 bits per heavy atom. The minimum atomic E-state index is -1.09. The first-order chi connectivity index (χ1) is 10.0. The van der Waals surface area contributed by atoms with Gasteiger partial charge in [-0.1, -0.05) is 11.6 Å². The fourth-order valence-electron chi connectivity index (χ4n) is 1.85. The summed E-state index contributed by atoms with van der Waals surface area (Å²) < 4.78 is 10.8. The van der Waals surface area contributed by atoms with E-state index in [1.807, 2.05) is 0 Å². The van der Waals surface area contributed by atoms with Gasteiger partial charge in [-0.25, -0.2) is 14.7 Å². The van der Waals surface area contributed by atoms with E-state index in [9.17, 15) is 4.79 Å². The highest BCUT2D eigenvalue weighted by Crippen LogP contribution is 2.38. The molecule has 3 rings (SSSR count). The van der Waals surface area contributed by atoms with Gasteiger partial charge in [0.05, 0.1) is 5.69 Å². The number of hydrogen-bond acceptors (Lipinski definition) is 6. The van der Waals surface area contributed by atoms with Gasteiger partial charge in [0, 0.05) is 12.1 Å². The summed E-state index contributed by atoms with van der Waals surface area (Å²) in [6.45, 7) is -0.0552. The number of benzene rings is 1. The van der Waals surface area contributed by atoms with Crippen LogP contribution in [0.2, 0.25) is 5.15 Å². The number of carbonyl (C=O) groups is 1. The number of carboxylic acid groups (broad SMARTS) is 1. The molecule has 1 aromatic carbocycles. The highest BCUT2D eigenvalue weighted by atomic mass is 35.5. The van der Waals surface area contributed by atoms with Crippen molar-refractivity contribution >= 4 is 29.3 Å². The lowest BCUT2D eigenvalue weighted by molar-refractivity contribution is 0.197. The van der Waals surface area contributed by atoms with E-state index in [-0.39, 0.29) is 23.7 Å². The first-order valence-corrected chi connectivity index (χ1v) is 6.16. The molecule has 1 amide bonds. The molecule has 0 spiro atoms. The number of amides is 1. The Bertz CT molecular complexity index is 704. The number of nitrogens with zero attached hydrogens (tertiary/aromatic N) is 3. The highest BCUT2D eigenvalue weighted by Gasteiger charge is 2.26. The Morgan fingerprint density at radius 3 is 2.95 bits per heavy atom. The minimum absolute atomic E-state index is 0.00744. The third kappa shape index (κ3) is 2.61. The van der Waals surface area contributed by atoms with Gasteiger partial charge in [0.15, 0.2) is 6.73 Å². The molecule has 0 bridgehead atoms. The Hall–Kier alpha value is -2.74. The van der Waals surface area contributed by atoms with E-state index in [0.717, 1.165) is 4.90 Å². The van der Waals surface area contributed by atoms with Gasteiger partial charge in [0.2, 0.25) is 11.8 Å². The van der Waals surface area contributed by atoms with Crippen LogP contribution in [-0.4, -0.2) is 27.9 Å². The van der Waals surface area contributed by atoms with Crippen LogP contribution in [0.3, 0.4) is 0 Å². The maximum absolute atomic E-state index is 11.0. The van der Waals surface area contributed by atoms with Gasteiger partial charge < -0.3 is 20.3 Å². The average molecular weight is 309 g/mol. The Balaban J connectivity index is 1.87. The van der Waals surface area contributed by atoms with Crippen molar-refractivity contribution in [3.8, 4) is 17.4 Å². The SMILES string of the molecule is Nc1nc(Cl)cc(Oc2ccc3c(c2)OCN3C(=O)O)n1. The topological polar surface area (TPSA) is 111 Å². The van der Waals surface area contributed by atoms with Gasteiger partial charge >= 0.3 is 6.09 Å². The van der Waals surface area contributed by atoms with Crippen LogP contribution in [0.5, 0.6) is 17.4 Å². The number of ether oxygens (including phenoxy) is 2.